The Labute approximate surface area is 105 Å². The van der Waals surface area contributed by atoms with Crippen molar-refractivity contribution in [3.63, 3.8) is 0 Å². The zero-order chi connectivity index (χ0) is 12.9. The molecule has 0 spiro atoms. The lowest BCUT2D eigenvalue weighted by molar-refractivity contribution is 0.385. The molecule has 0 aromatic heterocycles. The molecule has 2 heteroatoms. The summed E-state index contributed by atoms with van der Waals surface area (Å²) in [6, 6.07) is 6.39. The molecular weight excluding hydrogens is 210 g/mol. The zero-order valence-corrected chi connectivity index (χ0v) is 11.8. The van der Waals surface area contributed by atoms with E-state index in [4.69, 9.17) is 4.74 Å². The minimum absolute atomic E-state index is 0.0898. The SMILES string of the molecule is CCCNCC(C)(C)c1cc(C)ccc1OC. The Morgan fingerprint density at radius 3 is 2.59 bits per heavy atom. The standard InChI is InChI=1S/C15H25NO/c1-6-9-16-11-15(3,4)13-10-12(2)7-8-14(13)17-5/h7-8,10,16H,6,9,11H2,1-5H3. The number of hydrogen-bond donors (Lipinski definition) is 1. The highest BCUT2D eigenvalue weighted by Gasteiger charge is 2.23. The molecular formula is C15H25NO. The summed E-state index contributed by atoms with van der Waals surface area (Å²) in [6.45, 7) is 10.9. The molecule has 0 unspecified atom stereocenters. The largest absolute Gasteiger partial charge is 0.496 e. The van der Waals surface area contributed by atoms with Crippen LogP contribution in [0.4, 0.5) is 0 Å². The van der Waals surface area contributed by atoms with Gasteiger partial charge in [-0.1, -0.05) is 38.5 Å². The Morgan fingerprint density at radius 2 is 2.00 bits per heavy atom. The topological polar surface area (TPSA) is 21.3 Å². The number of aryl methyl sites for hydroxylation is 1. The Bertz CT molecular complexity index is 358. The van der Waals surface area contributed by atoms with E-state index in [1.807, 2.05) is 0 Å². The second-order valence-corrected chi connectivity index (χ2v) is 5.26. The second kappa shape index (κ2) is 6.06. The van der Waals surface area contributed by atoms with Crippen molar-refractivity contribution in [3.8, 4) is 5.75 Å². The summed E-state index contributed by atoms with van der Waals surface area (Å²) in [5.41, 5.74) is 2.65. The molecule has 1 aromatic rings. The van der Waals surface area contributed by atoms with Crippen LogP contribution < -0.4 is 10.1 Å². The minimum Gasteiger partial charge on any atom is -0.496 e. The van der Waals surface area contributed by atoms with Gasteiger partial charge in [-0.05, 0) is 26.0 Å². The van der Waals surface area contributed by atoms with E-state index in [0.717, 1.165) is 18.8 Å². The molecule has 0 saturated carbocycles. The maximum atomic E-state index is 5.47. The zero-order valence-electron chi connectivity index (χ0n) is 11.8. The van der Waals surface area contributed by atoms with Gasteiger partial charge in [0.25, 0.3) is 0 Å². The smallest absolute Gasteiger partial charge is 0.122 e. The van der Waals surface area contributed by atoms with Crippen molar-refractivity contribution in [2.75, 3.05) is 20.2 Å². The molecule has 1 N–H and O–H groups in total. The number of ether oxygens (including phenoxy) is 1. The van der Waals surface area contributed by atoms with Crippen LogP contribution >= 0.6 is 0 Å². The van der Waals surface area contributed by atoms with Crippen molar-refractivity contribution in [1.82, 2.24) is 5.32 Å². The molecule has 96 valence electrons. The molecule has 0 heterocycles. The first-order valence-electron chi connectivity index (χ1n) is 6.37. The molecule has 0 saturated heterocycles. The molecule has 0 aliphatic heterocycles. The summed E-state index contributed by atoms with van der Waals surface area (Å²) in [5.74, 6) is 0.985. The summed E-state index contributed by atoms with van der Waals surface area (Å²) >= 11 is 0. The van der Waals surface area contributed by atoms with Gasteiger partial charge in [-0.3, -0.25) is 0 Å². The van der Waals surface area contributed by atoms with Crippen LogP contribution in [0.2, 0.25) is 0 Å². The van der Waals surface area contributed by atoms with Gasteiger partial charge in [-0.2, -0.15) is 0 Å². The van der Waals surface area contributed by atoms with Gasteiger partial charge in [0, 0.05) is 17.5 Å². The third-order valence-electron chi connectivity index (χ3n) is 3.08. The number of rotatable bonds is 6. The predicted octanol–water partition coefficient (Wildman–Crippen LogP) is 3.28. The van der Waals surface area contributed by atoms with E-state index in [0.29, 0.717) is 0 Å². The normalized spacial score (nSPS) is 11.6. The van der Waals surface area contributed by atoms with Gasteiger partial charge >= 0.3 is 0 Å². The molecule has 0 atom stereocenters. The highest BCUT2D eigenvalue weighted by atomic mass is 16.5. The summed E-state index contributed by atoms with van der Waals surface area (Å²) in [4.78, 5) is 0. The number of benzene rings is 1. The van der Waals surface area contributed by atoms with Gasteiger partial charge in [-0.15, -0.1) is 0 Å². The van der Waals surface area contributed by atoms with Crippen molar-refractivity contribution in [2.45, 2.75) is 39.5 Å². The fourth-order valence-corrected chi connectivity index (χ4v) is 2.02. The van der Waals surface area contributed by atoms with Crippen molar-refractivity contribution in [3.05, 3.63) is 29.3 Å². The van der Waals surface area contributed by atoms with Gasteiger partial charge in [-0.25, -0.2) is 0 Å². The fraction of sp³-hybridized carbons (Fsp3) is 0.600. The molecule has 0 aliphatic rings. The molecule has 1 aromatic carbocycles. The first kappa shape index (κ1) is 14.0. The third kappa shape index (κ3) is 3.74. The van der Waals surface area contributed by atoms with E-state index in [1.54, 1.807) is 7.11 Å². The van der Waals surface area contributed by atoms with E-state index in [2.05, 4.69) is 51.2 Å². The average Bonchev–Trinajstić information content (AvgIpc) is 2.29. The quantitative estimate of drug-likeness (QED) is 0.764. The lowest BCUT2D eigenvalue weighted by Crippen LogP contribution is -2.33. The monoisotopic (exact) mass is 235 g/mol. The van der Waals surface area contributed by atoms with Gasteiger partial charge in [0.1, 0.15) is 5.75 Å². The molecule has 17 heavy (non-hydrogen) atoms. The Kier molecular flexibility index (Phi) is 5.01. The van der Waals surface area contributed by atoms with Gasteiger partial charge in [0.2, 0.25) is 0 Å². The lowest BCUT2D eigenvalue weighted by Gasteiger charge is -2.28. The maximum absolute atomic E-state index is 5.47. The molecule has 1 rings (SSSR count). The van der Waals surface area contributed by atoms with Gasteiger partial charge < -0.3 is 10.1 Å². The van der Waals surface area contributed by atoms with Crippen LogP contribution in [0.25, 0.3) is 0 Å². The fourth-order valence-electron chi connectivity index (χ4n) is 2.02. The summed E-state index contributed by atoms with van der Waals surface area (Å²) < 4.78 is 5.47. The van der Waals surface area contributed by atoms with Crippen molar-refractivity contribution in [2.24, 2.45) is 0 Å². The van der Waals surface area contributed by atoms with Gasteiger partial charge in [0.05, 0.1) is 7.11 Å². The Hall–Kier alpha value is -1.02. The van der Waals surface area contributed by atoms with Crippen LogP contribution in [0.1, 0.15) is 38.3 Å². The predicted molar refractivity (Wildman–Crippen MR) is 73.9 cm³/mol. The molecule has 2 nitrogen and oxygen atoms in total. The number of nitrogens with one attached hydrogen (secondary N) is 1. The summed E-state index contributed by atoms with van der Waals surface area (Å²) in [6.07, 6.45) is 1.17. The first-order chi connectivity index (χ1) is 8.01. The van der Waals surface area contributed by atoms with Crippen LogP contribution in [0.5, 0.6) is 5.75 Å². The Balaban J connectivity index is 2.91. The molecule has 0 amide bonds. The maximum Gasteiger partial charge on any atom is 0.122 e. The van der Waals surface area contributed by atoms with Crippen LogP contribution in [-0.4, -0.2) is 20.2 Å². The van der Waals surface area contributed by atoms with Crippen LogP contribution in [-0.2, 0) is 5.41 Å². The van der Waals surface area contributed by atoms with E-state index in [9.17, 15) is 0 Å². The molecule has 0 bridgehead atoms. The average molecular weight is 235 g/mol. The second-order valence-electron chi connectivity index (χ2n) is 5.26. The summed E-state index contributed by atoms with van der Waals surface area (Å²) in [5, 5.41) is 3.49. The molecule has 0 aliphatic carbocycles. The highest BCUT2D eigenvalue weighted by molar-refractivity contribution is 5.41. The van der Waals surface area contributed by atoms with Gasteiger partial charge in [0.15, 0.2) is 0 Å². The lowest BCUT2D eigenvalue weighted by atomic mass is 9.83. The van der Waals surface area contributed by atoms with Crippen LogP contribution in [0.3, 0.4) is 0 Å². The van der Waals surface area contributed by atoms with E-state index in [1.165, 1.54) is 17.5 Å². The van der Waals surface area contributed by atoms with E-state index >= 15 is 0 Å². The number of hydrogen-bond acceptors (Lipinski definition) is 2. The number of methoxy groups -OCH3 is 1. The Morgan fingerprint density at radius 1 is 1.29 bits per heavy atom. The first-order valence-corrected chi connectivity index (χ1v) is 6.37. The molecule has 0 fully saturated rings. The van der Waals surface area contributed by atoms with Crippen molar-refractivity contribution in [1.29, 1.82) is 0 Å². The highest BCUT2D eigenvalue weighted by Crippen LogP contribution is 2.31. The van der Waals surface area contributed by atoms with E-state index in [-0.39, 0.29) is 5.41 Å². The van der Waals surface area contributed by atoms with Crippen LogP contribution in [0, 0.1) is 6.92 Å². The van der Waals surface area contributed by atoms with Crippen LogP contribution in [0.15, 0.2) is 18.2 Å². The summed E-state index contributed by atoms with van der Waals surface area (Å²) in [7, 11) is 1.74. The third-order valence-corrected chi connectivity index (χ3v) is 3.08. The molecule has 0 radical (unpaired) electrons. The van der Waals surface area contributed by atoms with Crippen molar-refractivity contribution >= 4 is 0 Å². The van der Waals surface area contributed by atoms with E-state index < -0.39 is 0 Å². The minimum atomic E-state index is 0.0898. The van der Waals surface area contributed by atoms with Crippen molar-refractivity contribution < 1.29 is 4.74 Å².